The van der Waals surface area contributed by atoms with Gasteiger partial charge in [0.05, 0.1) is 10.9 Å². The number of thiophene rings is 1. The van der Waals surface area contributed by atoms with E-state index in [0.717, 1.165) is 15.4 Å². The van der Waals surface area contributed by atoms with Gasteiger partial charge in [0.15, 0.2) is 12.3 Å². The molecular formula is C19H18N2O3S2. The maximum absolute atomic E-state index is 12.3. The molecule has 0 saturated carbocycles. The molecule has 0 bridgehead atoms. The highest BCUT2D eigenvalue weighted by Crippen LogP contribution is 2.28. The highest BCUT2D eigenvalue weighted by atomic mass is 32.1. The number of ether oxygens (including phenoxy) is 1. The molecule has 2 aromatic heterocycles. The fourth-order valence-corrected chi connectivity index (χ4v) is 3.96. The quantitative estimate of drug-likeness (QED) is 0.594. The lowest BCUT2D eigenvalue weighted by Gasteiger charge is -2.25. The Morgan fingerprint density at radius 1 is 1.15 bits per heavy atom. The molecular weight excluding hydrogens is 368 g/mol. The molecule has 7 heteroatoms. The standard InChI is InChI=1S/C19H18N2O3S2/c1-13(14-7-4-3-5-8-14)21(2)17(22)11-24-19(23)15-12-26-18(20-15)16-9-6-10-25-16/h3-10,12-13H,11H2,1-2H3/t13-/m0/s1. The summed E-state index contributed by atoms with van der Waals surface area (Å²) in [6.45, 7) is 1.63. The third-order valence-corrected chi connectivity index (χ3v) is 5.91. The van der Waals surface area contributed by atoms with E-state index < -0.39 is 5.97 Å². The molecule has 1 amide bonds. The van der Waals surface area contributed by atoms with Crippen molar-refractivity contribution in [1.82, 2.24) is 9.88 Å². The average Bonchev–Trinajstić information content (AvgIpc) is 3.36. The Balaban J connectivity index is 1.56. The van der Waals surface area contributed by atoms with Gasteiger partial charge in [-0.3, -0.25) is 4.79 Å². The molecule has 0 fully saturated rings. The normalized spacial score (nSPS) is 11.8. The van der Waals surface area contributed by atoms with Crippen molar-refractivity contribution in [1.29, 1.82) is 0 Å². The summed E-state index contributed by atoms with van der Waals surface area (Å²) >= 11 is 2.94. The van der Waals surface area contributed by atoms with E-state index in [1.807, 2.05) is 54.8 Å². The van der Waals surface area contributed by atoms with Crippen molar-refractivity contribution in [3.05, 3.63) is 64.5 Å². The highest BCUT2D eigenvalue weighted by Gasteiger charge is 2.20. The number of benzene rings is 1. The molecule has 26 heavy (non-hydrogen) atoms. The molecule has 0 unspecified atom stereocenters. The summed E-state index contributed by atoms with van der Waals surface area (Å²) in [5.41, 5.74) is 1.25. The molecule has 134 valence electrons. The van der Waals surface area contributed by atoms with Crippen molar-refractivity contribution in [2.24, 2.45) is 0 Å². The molecule has 5 nitrogen and oxygen atoms in total. The van der Waals surface area contributed by atoms with Crippen molar-refractivity contribution in [3.63, 3.8) is 0 Å². The number of rotatable bonds is 6. The molecule has 0 N–H and O–H groups in total. The average molecular weight is 386 g/mol. The minimum Gasteiger partial charge on any atom is -0.451 e. The van der Waals surface area contributed by atoms with E-state index in [0.29, 0.717) is 0 Å². The number of thiazole rings is 1. The number of hydrogen-bond acceptors (Lipinski definition) is 6. The van der Waals surface area contributed by atoms with Crippen LogP contribution in [0.2, 0.25) is 0 Å². The van der Waals surface area contributed by atoms with Crippen LogP contribution in [0.3, 0.4) is 0 Å². The first-order valence-corrected chi connectivity index (χ1v) is 9.79. The second kappa shape index (κ2) is 8.25. The predicted molar refractivity (Wildman–Crippen MR) is 103 cm³/mol. The van der Waals surface area contributed by atoms with E-state index in [2.05, 4.69) is 4.98 Å². The number of aromatic nitrogens is 1. The largest absolute Gasteiger partial charge is 0.451 e. The van der Waals surface area contributed by atoms with Crippen LogP contribution in [0.5, 0.6) is 0 Å². The first-order valence-electron chi connectivity index (χ1n) is 8.03. The fourth-order valence-electron chi connectivity index (χ4n) is 2.36. The number of amides is 1. The third-order valence-electron chi connectivity index (χ3n) is 4.03. The summed E-state index contributed by atoms with van der Waals surface area (Å²) < 4.78 is 5.15. The second-order valence-corrected chi connectivity index (χ2v) is 7.49. The van der Waals surface area contributed by atoms with E-state index in [1.54, 1.807) is 28.7 Å². The van der Waals surface area contributed by atoms with Gasteiger partial charge in [0.25, 0.3) is 5.91 Å². The van der Waals surface area contributed by atoms with Crippen LogP contribution in [0.4, 0.5) is 0 Å². The molecule has 0 radical (unpaired) electrons. The van der Waals surface area contributed by atoms with E-state index in [1.165, 1.54) is 11.3 Å². The van der Waals surface area contributed by atoms with Gasteiger partial charge in [0.2, 0.25) is 0 Å². The van der Waals surface area contributed by atoms with Crippen molar-refractivity contribution in [2.75, 3.05) is 13.7 Å². The van der Waals surface area contributed by atoms with E-state index in [9.17, 15) is 9.59 Å². The summed E-state index contributed by atoms with van der Waals surface area (Å²) in [6.07, 6.45) is 0. The number of likely N-dealkylation sites (N-methyl/N-ethyl adjacent to an activating group) is 1. The van der Waals surface area contributed by atoms with Gasteiger partial charge in [0.1, 0.15) is 5.01 Å². The van der Waals surface area contributed by atoms with Gasteiger partial charge in [-0.1, -0.05) is 36.4 Å². The molecule has 0 aliphatic heterocycles. The monoisotopic (exact) mass is 386 g/mol. The Morgan fingerprint density at radius 3 is 2.62 bits per heavy atom. The maximum Gasteiger partial charge on any atom is 0.358 e. The Bertz CT molecular complexity index is 875. The van der Waals surface area contributed by atoms with Crippen LogP contribution in [0.1, 0.15) is 29.0 Å². The smallest absolute Gasteiger partial charge is 0.358 e. The van der Waals surface area contributed by atoms with Crippen LogP contribution in [-0.2, 0) is 9.53 Å². The van der Waals surface area contributed by atoms with Gasteiger partial charge in [0, 0.05) is 12.4 Å². The van der Waals surface area contributed by atoms with Gasteiger partial charge in [-0.15, -0.1) is 22.7 Å². The number of carbonyl (C=O) groups is 2. The van der Waals surface area contributed by atoms with Gasteiger partial charge >= 0.3 is 5.97 Å². The van der Waals surface area contributed by atoms with E-state index in [4.69, 9.17) is 4.74 Å². The maximum atomic E-state index is 12.3. The summed E-state index contributed by atoms with van der Waals surface area (Å²) in [5, 5.41) is 4.38. The predicted octanol–water partition coefficient (Wildman–Crippen LogP) is 4.25. The molecule has 0 saturated heterocycles. The molecule has 0 spiro atoms. The van der Waals surface area contributed by atoms with Crippen LogP contribution in [0.15, 0.2) is 53.2 Å². The lowest BCUT2D eigenvalue weighted by Crippen LogP contribution is -2.33. The first-order chi connectivity index (χ1) is 12.6. The van der Waals surface area contributed by atoms with Crippen molar-refractivity contribution >= 4 is 34.6 Å². The topological polar surface area (TPSA) is 59.5 Å². The molecule has 0 aliphatic carbocycles. The third kappa shape index (κ3) is 4.17. The van der Waals surface area contributed by atoms with E-state index >= 15 is 0 Å². The van der Waals surface area contributed by atoms with Gasteiger partial charge in [-0.05, 0) is 23.9 Å². The van der Waals surface area contributed by atoms with Crippen LogP contribution >= 0.6 is 22.7 Å². The zero-order chi connectivity index (χ0) is 18.5. The summed E-state index contributed by atoms with van der Waals surface area (Å²) in [7, 11) is 1.70. The van der Waals surface area contributed by atoms with Gasteiger partial charge in [-0.2, -0.15) is 0 Å². The molecule has 1 aromatic carbocycles. The second-order valence-electron chi connectivity index (χ2n) is 5.68. The van der Waals surface area contributed by atoms with Crippen molar-refractivity contribution < 1.29 is 14.3 Å². The number of carbonyl (C=O) groups excluding carboxylic acids is 2. The number of esters is 1. The van der Waals surface area contributed by atoms with Crippen molar-refractivity contribution in [3.8, 4) is 9.88 Å². The SMILES string of the molecule is C[C@@H](c1ccccc1)N(C)C(=O)COC(=O)c1csc(-c2cccs2)n1. The molecule has 3 rings (SSSR count). The molecule has 1 atom stereocenters. The fraction of sp³-hybridized carbons (Fsp3) is 0.211. The van der Waals surface area contributed by atoms with Crippen molar-refractivity contribution in [2.45, 2.75) is 13.0 Å². The Kier molecular flexibility index (Phi) is 5.80. The van der Waals surface area contributed by atoms with Gasteiger partial charge < -0.3 is 9.64 Å². The number of hydrogen-bond donors (Lipinski definition) is 0. The Labute approximate surface area is 159 Å². The van der Waals surface area contributed by atoms with Crippen LogP contribution in [-0.4, -0.2) is 35.4 Å². The first kappa shape index (κ1) is 18.3. The van der Waals surface area contributed by atoms with E-state index in [-0.39, 0.29) is 24.2 Å². The van der Waals surface area contributed by atoms with Crippen LogP contribution in [0, 0.1) is 0 Å². The Morgan fingerprint density at radius 2 is 1.92 bits per heavy atom. The van der Waals surface area contributed by atoms with Gasteiger partial charge in [-0.25, -0.2) is 9.78 Å². The minimum atomic E-state index is -0.585. The molecule has 2 heterocycles. The van der Waals surface area contributed by atoms with Crippen LogP contribution in [0.25, 0.3) is 9.88 Å². The summed E-state index contributed by atoms with van der Waals surface area (Å²) in [4.78, 5) is 31.3. The summed E-state index contributed by atoms with van der Waals surface area (Å²) in [5.74, 6) is -0.846. The highest BCUT2D eigenvalue weighted by molar-refractivity contribution is 7.20. The zero-order valence-corrected chi connectivity index (χ0v) is 16.0. The molecule has 3 aromatic rings. The lowest BCUT2D eigenvalue weighted by atomic mass is 10.1. The minimum absolute atomic E-state index is 0.105. The summed E-state index contributed by atoms with van der Waals surface area (Å²) in [6, 6.07) is 13.5. The zero-order valence-electron chi connectivity index (χ0n) is 14.4. The Hall–Kier alpha value is -2.51. The lowest BCUT2D eigenvalue weighted by molar-refractivity contribution is -0.135. The number of nitrogens with zero attached hydrogens (tertiary/aromatic N) is 2. The van der Waals surface area contributed by atoms with Crippen LogP contribution < -0.4 is 0 Å². The molecule has 0 aliphatic rings.